The molecule has 0 aliphatic carbocycles. The lowest BCUT2D eigenvalue weighted by Gasteiger charge is -2.20. The van der Waals surface area contributed by atoms with Crippen LogP contribution >= 0.6 is 0 Å². The summed E-state index contributed by atoms with van der Waals surface area (Å²) in [6.45, 7) is 4.96. The molecule has 0 fully saturated rings. The zero-order valence-corrected chi connectivity index (χ0v) is 54.6. The van der Waals surface area contributed by atoms with Crippen molar-refractivity contribution < 1.29 is 24.5 Å². The second-order valence-corrected chi connectivity index (χ2v) is 25.6. The molecule has 0 rings (SSSR count). The van der Waals surface area contributed by atoms with Crippen molar-refractivity contribution in [3.05, 3.63) is 12.2 Å². The first kappa shape index (κ1) is 78.6. The topological polar surface area (TPSA) is 95.9 Å². The fourth-order valence-electron chi connectivity index (χ4n) is 11.9. The molecule has 0 heterocycles. The highest BCUT2D eigenvalue weighted by Gasteiger charge is 2.18. The van der Waals surface area contributed by atoms with Crippen molar-refractivity contribution in [2.75, 3.05) is 13.2 Å². The van der Waals surface area contributed by atoms with Gasteiger partial charge in [-0.1, -0.05) is 392 Å². The van der Waals surface area contributed by atoms with Crippen molar-refractivity contribution in [2.24, 2.45) is 0 Å². The fraction of sp³-hybridized carbons (Fsp3) is 0.946. The van der Waals surface area contributed by atoms with Crippen LogP contribution in [0, 0.1) is 0 Å². The minimum atomic E-state index is -0.842. The molecule has 0 spiro atoms. The van der Waals surface area contributed by atoms with Gasteiger partial charge in [-0.25, -0.2) is 0 Å². The third-order valence-corrected chi connectivity index (χ3v) is 17.6. The highest BCUT2D eigenvalue weighted by Crippen LogP contribution is 2.20. The number of carbonyl (C=O) groups excluding carboxylic acids is 2. The number of aliphatic hydroxyl groups is 2. The Hall–Kier alpha value is -1.40. The molecule has 3 N–H and O–H groups in total. The van der Waals surface area contributed by atoms with Gasteiger partial charge in [-0.2, -0.15) is 0 Å². The number of nitrogens with one attached hydrogen (secondary N) is 1. The van der Waals surface area contributed by atoms with Crippen LogP contribution in [0.2, 0.25) is 0 Å². The van der Waals surface area contributed by atoms with Gasteiger partial charge >= 0.3 is 5.97 Å². The molecule has 6 nitrogen and oxygen atoms in total. The van der Waals surface area contributed by atoms with E-state index in [1.54, 1.807) is 6.08 Å². The van der Waals surface area contributed by atoms with Crippen molar-refractivity contribution in [3.63, 3.8) is 0 Å². The van der Waals surface area contributed by atoms with Crippen LogP contribution in [-0.2, 0) is 14.3 Å². The quantitative estimate of drug-likeness (QED) is 0.0320. The summed E-state index contributed by atoms with van der Waals surface area (Å²) in [5.41, 5.74) is 0. The molecule has 0 aromatic rings. The Balaban J connectivity index is 3.35. The van der Waals surface area contributed by atoms with Gasteiger partial charge in [-0.3, -0.25) is 9.59 Å². The fourth-order valence-corrected chi connectivity index (χ4v) is 11.9. The Kier molecular flexibility index (Phi) is 68.9. The van der Waals surface area contributed by atoms with Crippen LogP contribution in [0.4, 0.5) is 0 Å². The van der Waals surface area contributed by atoms with E-state index in [2.05, 4.69) is 19.2 Å². The second kappa shape index (κ2) is 70.1. The molecule has 2 unspecified atom stereocenters. The molecule has 1 amide bonds. The van der Waals surface area contributed by atoms with E-state index in [1.165, 1.54) is 360 Å². The normalized spacial score (nSPS) is 12.5. The van der Waals surface area contributed by atoms with Crippen LogP contribution in [0.3, 0.4) is 0 Å². The Morgan fingerprint density at radius 1 is 0.338 bits per heavy atom. The molecule has 0 bridgehead atoms. The highest BCUT2D eigenvalue weighted by atomic mass is 16.5. The summed E-state index contributed by atoms with van der Waals surface area (Å²) in [5.74, 6) is -0.0373. The number of aliphatic hydroxyl groups excluding tert-OH is 2. The van der Waals surface area contributed by atoms with Gasteiger partial charge in [0.2, 0.25) is 5.91 Å². The number of ether oxygens (including phenoxy) is 1. The summed E-state index contributed by atoms with van der Waals surface area (Å²) in [5, 5.41) is 23.3. The Morgan fingerprint density at radius 3 is 0.850 bits per heavy atom. The van der Waals surface area contributed by atoms with Gasteiger partial charge in [-0.05, 0) is 32.1 Å². The lowest BCUT2D eigenvalue weighted by Crippen LogP contribution is -2.45. The summed E-state index contributed by atoms with van der Waals surface area (Å²) in [7, 11) is 0. The van der Waals surface area contributed by atoms with Crippen LogP contribution in [0.1, 0.15) is 425 Å². The predicted octanol–water partition coefficient (Wildman–Crippen LogP) is 23.9. The zero-order valence-electron chi connectivity index (χ0n) is 54.6. The number of rotatable bonds is 70. The van der Waals surface area contributed by atoms with E-state index in [0.29, 0.717) is 19.4 Å². The molecule has 0 saturated carbocycles. The molecule has 0 radical (unpaired) electrons. The van der Waals surface area contributed by atoms with Crippen molar-refractivity contribution >= 4 is 11.9 Å². The highest BCUT2D eigenvalue weighted by molar-refractivity contribution is 5.76. The Labute approximate surface area is 501 Å². The largest absolute Gasteiger partial charge is 0.466 e. The maximum absolute atomic E-state index is 12.5. The molecule has 2 atom stereocenters. The van der Waals surface area contributed by atoms with E-state index < -0.39 is 12.1 Å². The summed E-state index contributed by atoms with van der Waals surface area (Å²) in [6, 6.07) is -0.625. The van der Waals surface area contributed by atoms with E-state index in [-0.39, 0.29) is 18.5 Å². The van der Waals surface area contributed by atoms with Crippen LogP contribution in [0.5, 0.6) is 0 Å². The minimum absolute atomic E-state index is 0.0225. The predicted molar refractivity (Wildman–Crippen MR) is 352 cm³/mol. The Bertz CT molecular complexity index is 1210. The average molecular weight is 1130 g/mol. The van der Waals surface area contributed by atoms with E-state index in [1.807, 2.05) is 6.08 Å². The number of hydrogen-bond acceptors (Lipinski definition) is 5. The first-order valence-corrected chi connectivity index (χ1v) is 37.0. The van der Waals surface area contributed by atoms with Crippen LogP contribution in [0.15, 0.2) is 12.2 Å². The smallest absolute Gasteiger partial charge is 0.305 e. The number of hydrogen-bond donors (Lipinski definition) is 3. The van der Waals surface area contributed by atoms with E-state index in [0.717, 1.165) is 38.5 Å². The molecule has 0 aromatic carbocycles. The number of allylic oxidation sites excluding steroid dienone is 1. The minimum Gasteiger partial charge on any atom is -0.466 e. The summed E-state index contributed by atoms with van der Waals surface area (Å²) < 4.78 is 5.50. The number of carbonyl (C=O) groups is 2. The van der Waals surface area contributed by atoms with Gasteiger partial charge in [0.25, 0.3) is 0 Å². The van der Waals surface area contributed by atoms with Crippen LogP contribution < -0.4 is 5.32 Å². The zero-order chi connectivity index (χ0) is 57.8. The van der Waals surface area contributed by atoms with Gasteiger partial charge in [0.05, 0.1) is 25.4 Å². The van der Waals surface area contributed by atoms with Gasteiger partial charge in [0, 0.05) is 12.8 Å². The maximum Gasteiger partial charge on any atom is 0.305 e. The van der Waals surface area contributed by atoms with Gasteiger partial charge < -0.3 is 20.3 Å². The van der Waals surface area contributed by atoms with Gasteiger partial charge in [-0.15, -0.1) is 0 Å². The van der Waals surface area contributed by atoms with Gasteiger partial charge in [0.15, 0.2) is 0 Å². The lowest BCUT2D eigenvalue weighted by atomic mass is 10.0. The average Bonchev–Trinajstić information content (AvgIpc) is 3.46. The second-order valence-electron chi connectivity index (χ2n) is 25.6. The van der Waals surface area contributed by atoms with Crippen molar-refractivity contribution in [2.45, 2.75) is 437 Å². The third-order valence-electron chi connectivity index (χ3n) is 17.6. The summed E-state index contributed by atoms with van der Waals surface area (Å²) in [4.78, 5) is 24.6. The maximum atomic E-state index is 12.5. The molecular formula is C74H145NO5. The molecule has 0 aliphatic rings. The van der Waals surface area contributed by atoms with Gasteiger partial charge in [0.1, 0.15) is 0 Å². The molecule has 476 valence electrons. The first-order valence-electron chi connectivity index (χ1n) is 37.0. The molecule has 6 heteroatoms. The Morgan fingerprint density at radius 2 is 0.575 bits per heavy atom. The standard InChI is InChI=1S/C74H145NO5/c1-3-5-7-9-11-13-15-17-19-20-21-33-36-39-42-46-50-54-58-62-66-72(77)71(70-76)75-73(78)67-63-59-55-51-47-43-40-37-34-31-29-27-25-23-22-24-26-28-30-32-35-38-41-45-49-53-57-61-65-69-80-74(79)68-64-60-56-52-48-44-18-16-14-12-10-8-6-4-2/h62,66,71-72,76-77H,3-61,63-65,67-70H2,1-2H3,(H,75,78)/b66-62+. The molecule has 0 saturated heterocycles. The molecule has 0 aliphatic heterocycles. The van der Waals surface area contributed by atoms with Crippen LogP contribution in [0.25, 0.3) is 0 Å². The third kappa shape index (κ3) is 65.7. The van der Waals surface area contributed by atoms with E-state index >= 15 is 0 Å². The van der Waals surface area contributed by atoms with Crippen molar-refractivity contribution in [1.29, 1.82) is 0 Å². The molecule has 80 heavy (non-hydrogen) atoms. The van der Waals surface area contributed by atoms with E-state index in [9.17, 15) is 19.8 Å². The first-order chi connectivity index (χ1) is 39.5. The lowest BCUT2D eigenvalue weighted by molar-refractivity contribution is -0.143. The summed E-state index contributed by atoms with van der Waals surface area (Å²) in [6.07, 6.45) is 87.4. The van der Waals surface area contributed by atoms with Crippen molar-refractivity contribution in [1.82, 2.24) is 5.32 Å². The van der Waals surface area contributed by atoms with Crippen LogP contribution in [-0.4, -0.2) is 47.4 Å². The monoisotopic (exact) mass is 1130 g/mol. The number of unbranched alkanes of at least 4 members (excludes halogenated alkanes) is 59. The molecule has 0 aromatic heterocycles. The SMILES string of the molecule is CCCCCCCCCCCCCCCCCCCC/C=C/C(O)C(CO)NC(=O)CCCCCCCCCCCCCCCCCCCCCCCCCCCCCCCOC(=O)CCCCCCCCCCCCCCCC. The number of esters is 1. The van der Waals surface area contributed by atoms with E-state index in [4.69, 9.17) is 4.74 Å². The van der Waals surface area contributed by atoms with Crippen molar-refractivity contribution in [3.8, 4) is 0 Å². The number of amides is 1. The summed E-state index contributed by atoms with van der Waals surface area (Å²) >= 11 is 0. The molecular weight excluding hydrogens is 983 g/mol.